The zero-order chi connectivity index (χ0) is 25.1. The smallest absolute Gasteiger partial charge is 0.407 e. The molecule has 0 spiro atoms. The number of carbonyl (C=O) groups is 2. The van der Waals surface area contributed by atoms with Crippen LogP contribution in [0.1, 0.15) is 62.6 Å². The molecule has 0 saturated heterocycles. The van der Waals surface area contributed by atoms with Gasteiger partial charge in [0, 0.05) is 31.4 Å². The molecule has 0 aromatic carbocycles. The van der Waals surface area contributed by atoms with Crippen molar-refractivity contribution in [3.63, 3.8) is 0 Å². The number of methoxy groups -OCH3 is 1. The second-order valence-electron chi connectivity index (χ2n) is 8.53. The summed E-state index contributed by atoms with van der Waals surface area (Å²) in [5.41, 5.74) is 1.29. The molecule has 184 valence electrons. The van der Waals surface area contributed by atoms with Gasteiger partial charge in [-0.05, 0) is 24.8 Å². The van der Waals surface area contributed by atoms with Crippen molar-refractivity contribution in [1.29, 1.82) is 0 Å². The minimum absolute atomic E-state index is 0.109. The number of hydrogen-bond acceptors (Lipinski definition) is 7. The molecule has 5 atom stereocenters. The number of rotatable bonds is 13. The van der Waals surface area contributed by atoms with Crippen LogP contribution in [0.2, 0.25) is 0 Å². The number of nitrogens with one attached hydrogen (secondary N) is 1. The van der Waals surface area contributed by atoms with Gasteiger partial charge in [0.1, 0.15) is 10.7 Å². The highest BCUT2D eigenvalue weighted by Crippen LogP contribution is 2.29. The Labute approximate surface area is 201 Å². The molecule has 0 bridgehead atoms. The molecule has 1 aromatic rings. The zero-order valence-corrected chi connectivity index (χ0v) is 21.5. The van der Waals surface area contributed by atoms with Crippen molar-refractivity contribution in [3.05, 3.63) is 52.5 Å². The van der Waals surface area contributed by atoms with Crippen LogP contribution in [0.15, 0.2) is 41.8 Å². The van der Waals surface area contributed by atoms with E-state index in [9.17, 15) is 14.7 Å². The number of hydrogen-bond donors (Lipinski definition) is 2. The maximum absolute atomic E-state index is 12.9. The molecule has 0 saturated carbocycles. The molecule has 1 rings (SSSR count). The minimum Gasteiger partial charge on any atom is -0.439 e. The molecule has 0 aliphatic rings. The standard InChI is InChI=1S/C25H38N2O5S/c1-9-20(28)18(6)23(31-8)17(5)12-10-11-16(4)22(29)19-14-33-24(27-19)21(13-15(2)3)32-25(30)26-7/h9-12,14-16,18,20-21,23,28H,1,13H2,2-8H3,(H,26,30)/b11-10+,17-12+/t16-,18-,20+,21-,23+/m0/s1. The van der Waals surface area contributed by atoms with E-state index in [0.717, 1.165) is 5.57 Å². The fraction of sp³-hybridized carbons (Fsp3) is 0.560. The average Bonchev–Trinajstić information content (AvgIpc) is 3.27. The predicted octanol–water partition coefficient (Wildman–Crippen LogP) is 5.11. The molecule has 8 heteroatoms. The van der Waals surface area contributed by atoms with E-state index >= 15 is 0 Å². The van der Waals surface area contributed by atoms with Crippen LogP contribution in [0.4, 0.5) is 4.79 Å². The van der Waals surface area contributed by atoms with Gasteiger partial charge in [0.15, 0.2) is 11.9 Å². The van der Waals surface area contributed by atoms with E-state index in [0.29, 0.717) is 23.0 Å². The van der Waals surface area contributed by atoms with Crippen molar-refractivity contribution in [1.82, 2.24) is 10.3 Å². The van der Waals surface area contributed by atoms with Gasteiger partial charge in [-0.25, -0.2) is 9.78 Å². The third-order valence-corrected chi connectivity index (χ3v) is 6.26. The first-order valence-corrected chi connectivity index (χ1v) is 12.0. The Morgan fingerprint density at radius 2 is 1.97 bits per heavy atom. The first kappa shape index (κ1) is 28.7. The second-order valence-corrected chi connectivity index (χ2v) is 9.42. The Kier molecular flexibility index (Phi) is 12.3. The summed E-state index contributed by atoms with van der Waals surface area (Å²) in [5.74, 6) is -0.349. The molecule has 33 heavy (non-hydrogen) atoms. The molecule has 1 amide bonds. The molecular weight excluding hydrogens is 440 g/mol. The molecule has 2 N–H and O–H groups in total. The summed E-state index contributed by atoms with van der Waals surface area (Å²) in [6.45, 7) is 13.3. The Balaban J connectivity index is 2.91. The second kappa shape index (κ2) is 14.1. The number of thiazole rings is 1. The first-order chi connectivity index (χ1) is 15.5. The monoisotopic (exact) mass is 478 g/mol. The molecule has 1 heterocycles. The summed E-state index contributed by atoms with van der Waals surface area (Å²) in [6.07, 6.45) is 5.66. The Bertz CT molecular complexity index is 846. The molecular formula is C25H38N2O5S. The molecule has 0 aliphatic heterocycles. The van der Waals surface area contributed by atoms with Crippen LogP contribution < -0.4 is 5.32 Å². The molecule has 0 aliphatic carbocycles. The van der Waals surface area contributed by atoms with Crippen molar-refractivity contribution in [2.75, 3.05) is 14.2 Å². The highest BCUT2D eigenvalue weighted by atomic mass is 32.1. The van der Waals surface area contributed by atoms with E-state index in [1.807, 2.05) is 46.8 Å². The Morgan fingerprint density at radius 1 is 1.30 bits per heavy atom. The minimum atomic E-state index is -0.673. The topological polar surface area (TPSA) is 97.8 Å². The third-order valence-electron chi connectivity index (χ3n) is 5.32. The first-order valence-electron chi connectivity index (χ1n) is 11.1. The fourth-order valence-corrected chi connectivity index (χ4v) is 4.21. The summed E-state index contributed by atoms with van der Waals surface area (Å²) in [5, 5.41) is 14.8. The van der Waals surface area contributed by atoms with E-state index in [2.05, 4.69) is 16.9 Å². The van der Waals surface area contributed by atoms with Crippen LogP contribution in [0, 0.1) is 17.8 Å². The number of ether oxygens (including phenoxy) is 2. The average molecular weight is 479 g/mol. The summed E-state index contributed by atoms with van der Waals surface area (Å²) in [7, 11) is 3.11. The van der Waals surface area contributed by atoms with Crippen LogP contribution in [-0.2, 0) is 9.47 Å². The maximum atomic E-state index is 12.9. The zero-order valence-electron chi connectivity index (χ0n) is 20.7. The van der Waals surface area contributed by atoms with E-state index in [1.165, 1.54) is 24.5 Å². The lowest BCUT2D eigenvalue weighted by Gasteiger charge is -2.26. The van der Waals surface area contributed by atoms with Crippen LogP contribution in [0.5, 0.6) is 0 Å². The van der Waals surface area contributed by atoms with E-state index < -0.39 is 18.3 Å². The SMILES string of the molecule is C=C[C@@H](O)[C@H](C)[C@H](OC)/C(C)=C/C=C/[C@H](C)C(=O)c1csc([C@H](CC(C)C)OC(=O)NC)n1. The largest absolute Gasteiger partial charge is 0.439 e. The Hall–Kier alpha value is -2.29. The number of allylic oxidation sites excluding steroid dienone is 3. The van der Waals surface area contributed by atoms with Gasteiger partial charge in [0.25, 0.3) is 0 Å². The van der Waals surface area contributed by atoms with Crippen molar-refractivity contribution in [2.45, 2.75) is 59.4 Å². The number of alkyl carbamates (subject to hydrolysis) is 1. The van der Waals surface area contributed by atoms with Gasteiger partial charge in [-0.3, -0.25) is 4.79 Å². The lowest BCUT2D eigenvalue weighted by molar-refractivity contribution is 0.0333. The lowest BCUT2D eigenvalue weighted by atomic mass is 9.92. The van der Waals surface area contributed by atoms with Gasteiger partial charge in [-0.15, -0.1) is 17.9 Å². The maximum Gasteiger partial charge on any atom is 0.407 e. The van der Waals surface area contributed by atoms with E-state index in [1.54, 1.807) is 18.6 Å². The Morgan fingerprint density at radius 3 is 2.52 bits per heavy atom. The quantitative estimate of drug-likeness (QED) is 0.232. The van der Waals surface area contributed by atoms with Crippen molar-refractivity contribution >= 4 is 23.2 Å². The summed E-state index contributed by atoms with van der Waals surface area (Å²) in [4.78, 5) is 29.0. The van der Waals surface area contributed by atoms with Gasteiger partial charge in [0.2, 0.25) is 0 Å². The number of aliphatic hydroxyl groups is 1. The molecule has 0 fully saturated rings. The predicted molar refractivity (Wildman–Crippen MR) is 132 cm³/mol. The van der Waals surface area contributed by atoms with Gasteiger partial charge in [0.05, 0.1) is 12.2 Å². The van der Waals surface area contributed by atoms with Gasteiger partial charge in [-0.2, -0.15) is 0 Å². The normalized spacial score (nSPS) is 16.8. The number of aromatic nitrogens is 1. The number of Topliss-reactive ketones (excluding diaryl/α,β-unsaturated/α-hetero) is 1. The molecule has 0 unspecified atom stereocenters. The van der Waals surface area contributed by atoms with Crippen molar-refractivity contribution in [3.8, 4) is 0 Å². The molecule has 7 nitrogen and oxygen atoms in total. The summed E-state index contributed by atoms with van der Waals surface area (Å²) < 4.78 is 11.0. The van der Waals surface area contributed by atoms with Crippen LogP contribution in [0.3, 0.4) is 0 Å². The van der Waals surface area contributed by atoms with Crippen LogP contribution in [0.25, 0.3) is 0 Å². The van der Waals surface area contributed by atoms with Crippen molar-refractivity contribution in [2.24, 2.45) is 17.8 Å². The highest BCUT2D eigenvalue weighted by molar-refractivity contribution is 7.09. The van der Waals surface area contributed by atoms with E-state index in [-0.39, 0.29) is 23.7 Å². The summed E-state index contributed by atoms with van der Waals surface area (Å²) in [6, 6.07) is 0. The van der Waals surface area contributed by atoms with E-state index in [4.69, 9.17) is 9.47 Å². The van der Waals surface area contributed by atoms with Crippen LogP contribution in [-0.4, -0.2) is 48.3 Å². The van der Waals surface area contributed by atoms with Gasteiger partial charge in [-0.1, -0.05) is 52.0 Å². The lowest BCUT2D eigenvalue weighted by Crippen LogP contribution is -2.30. The highest BCUT2D eigenvalue weighted by Gasteiger charge is 2.25. The number of nitrogens with zero attached hydrogens (tertiary/aromatic N) is 1. The van der Waals surface area contributed by atoms with Gasteiger partial charge >= 0.3 is 6.09 Å². The number of carbonyl (C=O) groups excluding carboxylic acids is 2. The number of aliphatic hydroxyl groups excluding tert-OH is 1. The third kappa shape index (κ3) is 8.87. The fourth-order valence-electron chi connectivity index (χ4n) is 3.36. The number of amides is 1. The molecule has 0 radical (unpaired) electrons. The van der Waals surface area contributed by atoms with Crippen molar-refractivity contribution < 1.29 is 24.2 Å². The summed E-state index contributed by atoms with van der Waals surface area (Å²) >= 11 is 1.32. The van der Waals surface area contributed by atoms with Gasteiger partial charge < -0.3 is 19.9 Å². The van der Waals surface area contributed by atoms with Crippen LogP contribution >= 0.6 is 11.3 Å². The molecule has 1 aromatic heterocycles. The number of ketones is 1.